The number of piperazine rings is 1. The molecule has 2 rings (SSSR count). The molecule has 0 bridgehead atoms. The number of aryl methyl sites for hydroxylation is 1. The van der Waals surface area contributed by atoms with Crippen molar-refractivity contribution < 1.29 is 13.2 Å². The average molecular weight is 298 g/mol. The summed E-state index contributed by atoms with van der Waals surface area (Å²) in [5, 5.41) is 0. The molecular formula is C14H22N2O3S. The molecule has 0 atom stereocenters. The van der Waals surface area contributed by atoms with Gasteiger partial charge in [0.05, 0.1) is 13.4 Å². The summed E-state index contributed by atoms with van der Waals surface area (Å²) >= 11 is 0. The van der Waals surface area contributed by atoms with E-state index in [9.17, 15) is 8.42 Å². The second-order valence-electron chi connectivity index (χ2n) is 5.24. The van der Waals surface area contributed by atoms with Crippen molar-refractivity contribution in [1.82, 2.24) is 9.21 Å². The lowest BCUT2D eigenvalue weighted by molar-refractivity contribution is 0.182. The van der Waals surface area contributed by atoms with Crippen LogP contribution in [0.5, 0.6) is 5.75 Å². The van der Waals surface area contributed by atoms with Crippen molar-refractivity contribution in [3.63, 3.8) is 0 Å². The molecule has 1 aliphatic rings. The minimum Gasteiger partial charge on any atom is -0.496 e. The van der Waals surface area contributed by atoms with Gasteiger partial charge in [-0.15, -0.1) is 0 Å². The molecule has 112 valence electrons. The highest BCUT2D eigenvalue weighted by Crippen LogP contribution is 2.20. The first-order valence-electron chi connectivity index (χ1n) is 6.71. The first kappa shape index (κ1) is 15.3. The Bertz CT molecular complexity index is 564. The molecule has 5 nitrogen and oxygen atoms in total. The van der Waals surface area contributed by atoms with Gasteiger partial charge in [-0.05, 0) is 24.1 Å². The minimum absolute atomic E-state index is 0.577. The average Bonchev–Trinajstić information content (AvgIpc) is 2.38. The van der Waals surface area contributed by atoms with Crippen molar-refractivity contribution in [2.24, 2.45) is 0 Å². The Morgan fingerprint density at radius 2 is 1.85 bits per heavy atom. The molecule has 0 unspecified atom stereocenters. The van der Waals surface area contributed by atoms with E-state index in [1.54, 1.807) is 11.4 Å². The summed E-state index contributed by atoms with van der Waals surface area (Å²) in [5.41, 5.74) is 2.36. The third-order valence-corrected chi connectivity index (χ3v) is 4.97. The van der Waals surface area contributed by atoms with E-state index in [1.807, 2.05) is 13.0 Å². The number of hydrogen-bond acceptors (Lipinski definition) is 4. The smallest absolute Gasteiger partial charge is 0.211 e. The monoisotopic (exact) mass is 298 g/mol. The highest BCUT2D eigenvalue weighted by molar-refractivity contribution is 7.88. The van der Waals surface area contributed by atoms with Crippen molar-refractivity contribution in [2.75, 3.05) is 39.5 Å². The van der Waals surface area contributed by atoms with E-state index in [0.29, 0.717) is 13.1 Å². The van der Waals surface area contributed by atoms with Crippen molar-refractivity contribution in [1.29, 1.82) is 0 Å². The zero-order chi connectivity index (χ0) is 14.8. The number of benzene rings is 1. The molecule has 1 aromatic carbocycles. The van der Waals surface area contributed by atoms with Crippen molar-refractivity contribution in [2.45, 2.75) is 13.5 Å². The minimum atomic E-state index is -3.05. The van der Waals surface area contributed by atoms with E-state index in [4.69, 9.17) is 4.74 Å². The summed E-state index contributed by atoms with van der Waals surface area (Å²) in [6, 6.07) is 6.17. The predicted molar refractivity (Wildman–Crippen MR) is 79.4 cm³/mol. The first-order valence-corrected chi connectivity index (χ1v) is 8.56. The summed E-state index contributed by atoms with van der Waals surface area (Å²) in [4.78, 5) is 2.28. The van der Waals surface area contributed by atoms with Gasteiger partial charge in [0, 0.05) is 32.7 Å². The molecule has 1 aromatic rings. The molecule has 0 radical (unpaired) electrons. The highest BCUT2D eigenvalue weighted by Gasteiger charge is 2.23. The molecule has 1 aliphatic heterocycles. The van der Waals surface area contributed by atoms with Gasteiger partial charge in [0.25, 0.3) is 0 Å². The molecule has 1 heterocycles. The molecule has 0 N–H and O–H groups in total. The Morgan fingerprint density at radius 3 is 2.35 bits per heavy atom. The Morgan fingerprint density at radius 1 is 1.20 bits per heavy atom. The van der Waals surface area contributed by atoms with E-state index in [0.717, 1.165) is 30.9 Å². The Kier molecular flexibility index (Phi) is 4.67. The lowest BCUT2D eigenvalue weighted by Crippen LogP contribution is -2.47. The van der Waals surface area contributed by atoms with Crippen LogP contribution in [0, 0.1) is 6.92 Å². The van der Waals surface area contributed by atoms with Gasteiger partial charge in [0.1, 0.15) is 5.75 Å². The van der Waals surface area contributed by atoms with E-state index in [-0.39, 0.29) is 0 Å². The first-order chi connectivity index (χ1) is 9.40. The van der Waals surface area contributed by atoms with Gasteiger partial charge in [-0.2, -0.15) is 4.31 Å². The Hall–Kier alpha value is -1.11. The SMILES string of the molecule is COc1ccc(CN2CCN(S(C)(=O)=O)CC2)cc1C. The Balaban J connectivity index is 1.94. The quantitative estimate of drug-likeness (QED) is 0.835. The lowest BCUT2D eigenvalue weighted by atomic mass is 10.1. The molecule has 1 fully saturated rings. The van der Waals surface area contributed by atoms with Gasteiger partial charge in [-0.3, -0.25) is 4.90 Å². The van der Waals surface area contributed by atoms with Crippen molar-refractivity contribution >= 4 is 10.0 Å². The van der Waals surface area contributed by atoms with Crippen molar-refractivity contribution in [3.8, 4) is 5.75 Å². The molecule has 1 saturated heterocycles. The van der Waals surface area contributed by atoms with E-state index < -0.39 is 10.0 Å². The van der Waals surface area contributed by atoms with Crippen LogP contribution in [-0.4, -0.2) is 57.2 Å². The zero-order valence-corrected chi connectivity index (χ0v) is 13.1. The van der Waals surface area contributed by atoms with Gasteiger partial charge in [0.2, 0.25) is 10.0 Å². The lowest BCUT2D eigenvalue weighted by Gasteiger charge is -2.33. The van der Waals surface area contributed by atoms with Crippen LogP contribution in [0.25, 0.3) is 0 Å². The second kappa shape index (κ2) is 6.11. The fourth-order valence-corrected chi connectivity index (χ4v) is 3.34. The van der Waals surface area contributed by atoms with E-state index in [1.165, 1.54) is 11.8 Å². The molecule has 0 aliphatic carbocycles. The summed E-state index contributed by atoms with van der Waals surface area (Å²) < 4.78 is 29.7. The van der Waals surface area contributed by atoms with E-state index in [2.05, 4.69) is 17.0 Å². The van der Waals surface area contributed by atoms with E-state index >= 15 is 0 Å². The summed E-state index contributed by atoms with van der Waals surface area (Å²) in [6.07, 6.45) is 1.27. The summed E-state index contributed by atoms with van der Waals surface area (Å²) in [5.74, 6) is 0.899. The zero-order valence-electron chi connectivity index (χ0n) is 12.3. The fourth-order valence-electron chi connectivity index (χ4n) is 2.52. The van der Waals surface area contributed by atoms with Crippen LogP contribution >= 0.6 is 0 Å². The van der Waals surface area contributed by atoms with Crippen LogP contribution in [0.3, 0.4) is 0 Å². The van der Waals surface area contributed by atoms with Crippen LogP contribution in [0.2, 0.25) is 0 Å². The fraction of sp³-hybridized carbons (Fsp3) is 0.571. The van der Waals surface area contributed by atoms with Crippen LogP contribution in [0.15, 0.2) is 18.2 Å². The topological polar surface area (TPSA) is 49.9 Å². The number of rotatable bonds is 4. The van der Waals surface area contributed by atoms with Gasteiger partial charge in [-0.25, -0.2) is 8.42 Å². The van der Waals surface area contributed by atoms with Gasteiger partial charge >= 0.3 is 0 Å². The number of methoxy groups -OCH3 is 1. The maximum absolute atomic E-state index is 11.5. The molecule has 6 heteroatoms. The number of sulfonamides is 1. The molecule has 20 heavy (non-hydrogen) atoms. The summed E-state index contributed by atoms with van der Waals surface area (Å²) in [6.45, 7) is 5.59. The third-order valence-electron chi connectivity index (χ3n) is 3.67. The third kappa shape index (κ3) is 3.71. The van der Waals surface area contributed by atoms with Crippen LogP contribution in [-0.2, 0) is 16.6 Å². The van der Waals surface area contributed by atoms with Gasteiger partial charge in [-0.1, -0.05) is 12.1 Å². The van der Waals surface area contributed by atoms with Crippen LogP contribution in [0.4, 0.5) is 0 Å². The van der Waals surface area contributed by atoms with Crippen LogP contribution in [0.1, 0.15) is 11.1 Å². The standard InChI is InChI=1S/C14H22N2O3S/c1-12-10-13(4-5-14(12)19-2)11-15-6-8-16(9-7-15)20(3,17)18/h4-5,10H,6-9,11H2,1-3H3. The van der Waals surface area contributed by atoms with Gasteiger partial charge < -0.3 is 4.74 Å². The molecule has 0 spiro atoms. The number of hydrogen-bond donors (Lipinski definition) is 0. The number of ether oxygens (including phenoxy) is 1. The normalized spacial score (nSPS) is 18.1. The Labute approximate surface area is 121 Å². The predicted octanol–water partition coefficient (Wildman–Crippen LogP) is 1.08. The molecular weight excluding hydrogens is 276 g/mol. The maximum Gasteiger partial charge on any atom is 0.211 e. The second-order valence-corrected chi connectivity index (χ2v) is 7.22. The maximum atomic E-state index is 11.5. The molecule has 0 aromatic heterocycles. The number of nitrogens with zero attached hydrogens (tertiary/aromatic N) is 2. The largest absolute Gasteiger partial charge is 0.496 e. The van der Waals surface area contributed by atoms with Crippen molar-refractivity contribution in [3.05, 3.63) is 29.3 Å². The van der Waals surface area contributed by atoms with Gasteiger partial charge in [0.15, 0.2) is 0 Å². The molecule has 0 saturated carbocycles. The van der Waals surface area contributed by atoms with Crippen LogP contribution < -0.4 is 4.74 Å². The highest BCUT2D eigenvalue weighted by atomic mass is 32.2. The summed E-state index contributed by atoms with van der Waals surface area (Å²) in [7, 11) is -1.37. The molecule has 0 amide bonds.